The zero-order valence-electron chi connectivity index (χ0n) is 11.4. The highest BCUT2D eigenvalue weighted by molar-refractivity contribution is 5.60. The Labute approximate surface area is 114 Å². The Bertz CT molecular complexity index is 461. The number of aliphatic hydroxyl groups is 1. The topological polar surface area (TPSA) is 59.3 Å². The van der Waals surface area contributed by atoms with E-state index < -0.39 is 0 Å². The summed E-state index contributed by atoms with van der Waals surface area (Å²) >= 11 is 0. The van der Waals surface area contributed by atoms with E-state index in [9.17, 15) is 10.4 Å². The second kappa shape index (κ2) is 6.55. The molecule has 2 N–H and O–H groups in total. The molecule has 0 bridgehead atoms. The Kier molecular flexibility index (Phi) is 4.78. The van der Waals surface area contributed by atoms with Gasteiger partial charge < -0.3 is 15.3 Å². The molecule has 102 valence electrons. The minimum absolute atomic E-state index is 0.103. The summed E-state index contributed by atoms with van der Waals surface area (Å²) in [7, 11) is 0. The van der Waals surface area contributed by atoms with Gasteiger partial charge in [0.15, 0.2) is 0 Å². The van der Waals surface area contributed by atoms with Crippen molar-refractivity contribution in [3.05, 3.63) is 29.3 Å². The number of anilines is 1. The highest BCUT2D eigenvalue weighted by Gasteiger charge is 2.19. The molecule has 0 saturated carbocycles. The fraction of sp³-hybridized carbons (Fsp3) is 0.533. The number of hydrogen-bond acceptors (Lipinski definition) is 4. The maximum absolute atomic E-state index is 9.26. The number of rotatable bonds is 5. The summed E-state index contributed by atoms with van der Waals surface area (Å²) in [5.41, 5.74) is 2.75. The average molecular weight is 259 g/mol. The third kappa shape index (κ3) is 3.46. The molecular weight excluding hydrogens is 238 g/mol. The summed E-state index contributed by atoms with van der Waals surface area (Å²) < 4.78 is 0. The van der Waals surface area contributed by atoms with Gasteiger partial charge in [0.05, 0.1) is 17.9 Å². The van der Waals surface area contributed by atoms with Gasteiger partial charge >= 0.3 is 0 Å². The van der Waals surface area contributed by atoms with Gasteiger partial charge in [-0.3, -0.25) is 0 Å². The van der Waals surface area contributed by atoms with Crippen molar-refractivity contribution < 1.29 is 5.11 Å². The number of aliphatic hydroxyl groups excluding tert-OH is 1. The second-order valence-corrected chi connectivity index (χ2v) is 5.10. The van der Waals surface area contributed by atoms with Crippen LogP contribution in [0.5, 0.6) is 0 Å². The van der Waals surface area contributed by atoms with Gasteiger partial charge in [0, 0.05) is 19.1 Å². The lowest BCUT2D eigenvalue weighted by atomic mass is 10.1. The van der Waals surface area contributed by atoms with E-state index in [1.807, 2.05) is 25.1 Å². The van der Waals surface area contributed by atoms with Crippen molar-refractivity contribution >= 4 is 5.69 Å². The molecule has 1 heterocycles. The summed E-state index contributed by atoms with van der Waals surface area (Å²) in [5, 5.41) is 22.0. The maximum atomic E-state index is 9.26. The van der Waals surface area contributed by atoms with E-state index in [0.29, 0.717) is 18.2 Å². The highest BCUT2D eigenvalue weighted by Crippen LogP contribution is 2.22. The van der Waals surface area contributed by atoms with Gasteiger partial charge in [-0.25, -0.2) is 0 Å². The molecule has 0 aromatic heterocycles. The standard InChI is InChI=1S/C15H21N3O/c1-12-4-5-13(10-16)15(9-12)18(7-8-19)11-14-3-2-6-17-14/h4-5,9,14,17,19H,2-3,6-8,11H2,1H3. The van der Waals surface area contributed by atoms with Crippen LogP contribution >= 0.6 is 0 Å². The molecule has 1 saturated heterocycles. The number of nitrogens with one attached hydrogen (secondary N) is 1. The zero-order chi connectivity index (χ0) is 13.7. The fourth-order valence-corrected chi connectivity index (χ4v) is 2.61. The molecular formula is C15H21N3O. The predicted octanol–water partition coefficient (Wildman–Crippen LogP) is 1.42. The van der Waals surface area contributed by atoms with Gasteiger partial charge in [-0.05, 0) is 44.0 Å². The Morgan fingerprint density at radius 1 is 1.53 bits per heavy atom. The van der Waals surface area contributed by atoms with Crippen molar-refractivity contribution in [2.75, 3.05) is 31.1 Å². The Morgan fingerprint density at radius 2 is 2.37 bits per heavy atom. The molecule has 4 nitrogen and oxygen atoms in total. The Hall–Kier alpha value is -1.57. The number of nitrogens with zero attached hydrogens (tertiary/aromatic N) is 2. The predicted molar refractivity (Wildman–Crippen MR) is 76.2 cm³/mol. The van der Waals surface area contributed by atoms with E-state index in [0.717, 1.165) is 30.8 Å². The van der Waals surface area contributed by atoms with E-state index in [1.54, 1.807) is 0 Å². The lowest BCUT2D eigenvalue weighted by molar-refractivity contribution is 0.300. The first-order chi connectivity index (χ1) is 9.24. The zero-order valence-corrected chi connectivity index (χ0v) is 11.4. The first-order valence-corrected chi connectivity index (χ1v) is 6.84. The van der Waals surface area contributed by atoms with Crippen LogP contribution in [-0.4, -0.2) is 37.4 Å². The fourth-order valence-electron chi connectivity index (χ4n) is 2.61. The number of nitriles is 1. The van der Waals surface area contributed by atoms with E-state index in [-0.39, 0.29) is 6.61 Å². The number of benzene rings is 1. The van der Waals surface area contributed by atoms with Gasteiger partial charge in [-0.2, -0.15) is 5.26 Å². The van der Waals surface area contributed by atoms with Gasteiger partial charge in [-0.15, -0.1) is 0 Å². The molecule has 0 radical (unpaired) electrons. The van der Waals surface area contributed by atoms with Crippen molar-refractivity contribution in [2.24, 2.45) is 0 Å². The molecule has 2 rings (SSSR count). The largest absolute Gasteiger partial charge is 0.395 e. The summed E-state index contributed by atoms with van der Waals surface area (Å²) in [4.78, 5) is 2.12. The molecule has 1 aliphatic rings. The average Bonchev–Trinajstić information content (AvgIpc) is 2.91. The Balaban J connectivity index is 2.22. The summed E-state index contributed by atoms with van der Waals surface area (Å²) in [6, 6.07) is 8.54. The lowest BCUT2D eigenvalue weighted by Gasteiger charge is -2.28. The molecule has 0 spiro atoms. The van der Waals surface area contributed by atoms with Crippen molar-refractivity contribution in [2.45, 2.75) is 25.8 Å². The van der Waals surface area contributed by atoms with Crippen LogP contribution in [-0.2, 0) is 0 Å². The van der Waals surface area contributed by atoms with Gasteiger partial charge in [0.25, 0.3) is 0 Å². The first-order valence-electron chi connectivity index (χ1n) is 6.84. The first kappa shape index (κ1) is 13.9. The van der Waals surface area contributed by atoms with Crippen LogP contribution in [0.15, 0.2) is 18.2 Å². The molecule has 1 atom stereocenters. The van der Waals surface area contributed by atoms with Crippen LogP contribution in [0.2, 0.25) is 0 Å². The summed E-state index contributed by atoms with van der Waals surface area (Å²) in [5.74, 6) is 0. The van der Waals surface area contributed by atoms with Crippen molar-refractivity contribution in [1.29, 1.82) is 5.26 Å². The molecule has 1 fully saturated rings. The highest BCUT2D eigenvalue weighted by atomic mass is 16.3. The molecule has 0 amide bonds. The van der Waals surface area contributed by atoms with Crippen molar-refractivity contribution in [3.8, 4) is 6.07 Å². The summed E-state index contributed by atoms with van der Waals surface area (Å²) in [6.07, 6.45) is 2.37. The molecule has 19 heavy (non-hydrogen) atoms. The van der Waals surface area contributed by atoms with Gasteiger partial charge in [0.2, 0.25) is 0 Å². The van der Waals surface area contributed by atoms with Crippen LogP contribution in [0, 0.1) is 18.3 Å². The molecule has 1 aromatic rings. The Morgan fingerprint density at radius 3 is 3.00 bits per heavy atom. The van der Waals surface area contributed by atoms with E-state index in [2.05, 4.69) is 16.3 Å². The second-order valence-electron chi connectivity index (χ2n) is 5.10. The third-order valence-corrected chi connectivity index (χ3v) is 3.59. The van der Waals surface area contributed by atoms with Crippen LogP contribution in [0.1, 0.15) is 24.0 Å². The van der Waals surface area contributed by atoms with Gasteiger partial charge in [0.1, 0.15) is 6.07 Å². The van der Waals surface area contributed by atoms with Crippen LogP contribution in [0.25, 0.3) is 0 Å². The molecule has 1 aromatic carbocycles. The lowest BCUT2D eigenvalue weighted by Crippen LogP contribution is -2.39. The monoisotopic (exact) mass is 259 g/mol. The van der Waals surface area contributed by atoms with E-state index >= 15 is 0 Å². The smallest absolute Gasteiger partial charge is 0.101 e. The normalized spacial score (nSPS) is 18.3. The van der Waals surface area contributed by atoms with E-state index in [4.69, 9.17) is 0 Å². The van der Waals surface area contributed by atoms with Crippen LogP contribution in [0.3, 0.4) is 0 Å². The molecule has 4 heteroatoms. The SMILES string of the molecule is Cc1ccc(C#N)c(N(CCO)CC2CCCN2)c1. The minimum Gasteiger partial charge on any atom is -0.395 e. The van der Waals surface area contributed by atoms with Crippen molar-refractivity contribution in [3.63, 3.8) is 0 Å². The van der Waals surface area contributed by atoms with Gasteiger partial charge in [-0.1, -0.05) is 6.07 Å². The minimum atomic E-state index is 0.103. The molecule has 1 aliphatic heterocycles. The van der Waals surface area contributed by atoms with Crippen LogP contribution < -0.4 is 10.2 Å². The summed E-state index contributed by atoms with van der Waals surface area (Å²) in [6.45, 7) is 4.60. The number of hydrogen-bond donors (Lipinski definition) is 2. The number of aryl methyl sites for hydroxylation is 1. The van der Waals surface area contributed by atoms with Crippen LogP contribution in [0.4, 0.5) is 5.69 Å². The quantitative estimate of drug-likeness (QED) is 0.839. The third-order valence-electron chi connectivity index (χ3n) is 3.59. The molecule has 0 aliphatic carbocycles. The molecule has 1 unspecified atom stereocenters. The van der Waals surface area contributed by atoms with Crippen molar-refractivity contribution in [1.82, 2.24) is 5.32 Å². The maximum Gasteiger partial charge on any atom is 0.101 e. The van der Waals surface area contributed by atoms with E-state index in [1.165, 1.54) is 6.42 Å².